The van der Waals surface area contributed by atoms with Crippen LogP contribution >= 0.6 is 11.6 Å². The largest absolute Gasteiger partial charge is 0.491 e. The van der Waals surface area contributed by atoms with Crippen LogP contribution in [-0.4, -0.2) is 28.1 Å². The van der Waals surface area contributed by atoms with Gasteiger partial charge in [-0.05, 0) is 36.2 Å². The van der Waals surface area contributed by atoms with Crippen molar-refractivity contribution in [3.05, 3.63) is 82.1 Å². The van der Waals surface area contributed by atoms with E-state index in [0.717, 1.165) is 5.56 Å². The minimum Gasteiger partial charge on any atom is -0.491 e. The third kappa shape index (κ3) is 4.28. The summed E-state index contributed by atoms with van der Waals surface area (Å²) in [5.74, 6) is -1.67. The topological polar surface area (TPSA) is 72.1 Å². The van der Waals surface area contributed by atoms with Gasteiger partial charge in [-0.3, -0.25) is 14.6 Å². The number of hydrogen-bond acceptors (Lipinski definition) is 4. The van der Waals surface area contributed by atoms with Crippen LogP contribution in [0.3, 0.4) is 0 Å². The number of ketones is 2. The Morgan fingerprint density at radius 2 is 2.11 bits per heavy atom. The first kappa shape index (κ1) is 19.8. The van der Waals surface area contributed by atoms with Crippen molar-refractivity contribution in [2.45, 2.75) is 19.8 Å². The molecule has 0 aliphatic carbocycles. The highest BCUT2D eigenvalue weighted by atomic mass is 35.5. The summed E-state index contributed by atoms with van der Waals surface area (Å²) in [6, 6.07) is 7.74. The predicted molar refractivity (Wildman–Crippen MR) is 104 cm³/mol. The van der Waals surface area contributed by atoms with Gasteiger partial charge in [-0.15, -0.1) is 0 Å². The Bertz CT molecular complexity index is 1000. The molecule has 0 aliphatic heterocycles. The maximum absolute atomic E-state index is 14.7. The van der Waals surface area contributed by atoms with Gasteiger partial charge in [0.05, 0.1) is 22.9 Å². The average Bonchev–Trinajstić information content (AvgIpc) is 3.18. The highest BCUT2D eigenvalue weighted by molar-refractivity contribution is 6.35. The lowest BCUT2D eigenvalue weighted by Crippen LogP contribution is -2.08. The molecule has 0 amide bonds. The van der Waals surface area contributed by atoms with E-state index in [-0.39, 0.29) is 39.8 Å². The molecular formula is C21H18ClFN2O3. The number of halogens is 2. The van der Waals surface area contributed by atoms with E-state index in [1.807, 2.05) is 6.92 Å². The van der Waals surface area contributed by atoms with Gasteiger partial charge in [0, 0.05) is 30.6 Å². The van der Waals surface area contributed by atoms with Crippen molar-refractivity contribution >= 4 is 23.2 Å². The summed E-state index contributed by atoms with van der Waals surface area (Å²) in [6.07, 6.45) is 5.43. The van der Waals surface area contributed by atoms with Gasteiger partial charge in [0.25, 0.3) is 0 Å². The minimum atomic E-state index is -0.810. The fourth-order valence-electron chi connectivity index (χ4n) is 2.68. The van der Waals surface area contributed by atoms with Gasteiger partial charge in [-0.1, -0.05) is 24.6 Å². The van der Waals surface area contributed by atoms with Crippen LogP contribution in [0, 0.1) is 5.82 Å². The van der Waals surface area contributed by atoms with Gasteiger partial charge in [0.1, 0.15) is 0 Å². The molecule has 0 aliphatic rings. The van der Waals surface area contributed by atoms with E-state index < -0.39 is 11.6 Å². The molecule has 0 fully saturated rings. The summed E-state index contributed by atoms with van der Waals surface area (Å²) in [7, 11) is 0. The summed E-state index contributed by atoms with van der Waals surface area (Å²) in [4.78, 5) is 31.9. The number of Topliss-reactive ketones (excluding diaryl/α,β-unsaturated/α-hetero) is 1. The maximum atomic E-state index is 14.7. The van der Waals surface area contributed by atoms with Crippen LogP contribution in [0.2, 0.25) is 5.02 Å². The second-order valence-corrected chi connectivity index (χ2v) is 6.58. The van der Waals surface area contributed by atoms with Crippen molar-refractivity contribution in [2.75, 3.05) is 6.61 Å². The molecule has 0 saturated heterocycles. The second kappa shape index (κ2) is 8.80. The van der Waals surface area contributed by atoms with E-state index in [1.165, 1.54) is 24.4 Å². The second-order valence-electron chi connectivity index (χ2n) is 6.18. The van der Waals surface area contributed by atoms with Gasteiger partial charge >= 0.3 is 0 Å². The van der Waals surface area contributed by atoms with Crippen molar-refractivity contribution in [1.29, 1.82) is 0 Å². The summed E-state index contributed by atoms with van der Waals surface area (Å²) in [6.45, 7) is 2.22. The Balaban J connectivity index is 1.83. The molecule has 5 nitrogen and oxygen atoms in total. The number of ether oxygens (including phenoxy) is 1. The zero-order valence-corrected chi connectivity index (χ0v) is 15.9. The third-order valence-electron chi connectivity index (χ3n) is 4.08. The molecule has 0 atom stereocenters. The van der Waals surface area contributed by atoms with E-state index in [2.05, 4.69) is 9.97 Å². The molecule has 7 heteroatoms. The number of rotatable bonds is 8. The third-order valence-corrected chi connectivity index (χ3v) is 4.39. The Hall–Kier alpha value is -2.99. The summed E-state index contributed by atoms with van der Waals surface area (Å²) >= 11 is 6.06. The van der Waals surface area contributed by atoms with Gasteiger partial charge in [0.2, 0.25) is 0 Å². The molecular weight excluding hydrogens is 383 g/mol. The van der Waals surface area contributed by atoms with E-state index >= 15 is 0 Å². The number of aromatic nitrogens is 2. The molecule has 0 radical (unpaired) electrons. The highest BCUT2D eigenvalue weighted by Gasteiger charge is 2.23. The molecule has 28 heavy (non-hydrogen) atoms. The number of hydrogen-bond donors (Lipinski definition) is 1. The van der Waals surface area contributed by atoms with Crippen LogP contribution in [0.4, 0.5) is 4.39 Å². The van der Waals surface area contributed by atoms with Crippen molar-refractivity contribution < 1.29 is 18.7 Å². The first-order valence-corrected chi connectivity index (χ1v) is 9.15. The Kier molecular flexibility index (Phi) is 6.21. The minimum absolute atomic E-state index is 0.0178. The van der Waals surface area contributed by atoms with Crippen molar-refractivity contribution in [1.82, 2.24) is 9.97 Å². The Morgan fingerprint density at radius 1 is 1.29 bits per heavy atom. The quantitative estimate of drug-likeness (QED) is 0.559. The van der Waals surface area contributed by atoms with Crippen molar-refractivity contribution in [3.8, 4) is 5.75 Å². The monoisotopic (exact) mass is 400 g/mol. The molecule has 1 N–H and O–H groups in total. The molecule has 3 aromatic rings. The number of nitrogens with zero attached hydrogens (tertiary/aromatic N) is 1. The first-order valence-electron chi connectivity index (χ1n) is 8.77. The lowest BCUT2D eigenvalue weighted by Gasteiger charge is -2.10. The van der Waals surface area contributed by atoms with Gasteiger partial charge in [-0.2, -0.15) is 0 Å². The van der Waals surface area contributed by atoms with E-state index in [9.17, 15) is 14.0 Å². The van der Waals surface area contributed by atoms with Gasteiger partial charge in [-0.25, -0.2) is 4.39 Å². The molecule has 144 valence electrons. The van der Waals surface area contributed by atoms with Crippen molar-refractivity contribution in [2.24, 2.45) is 0 Å². The lowest BCUT2D eigenvalue weighted by molar-refractivity contribution is 0.0988. The molecule has 3 rings (SSSR count). The average molecular weight is 401 g/mol. The maximum Gasteiger partial charge on any atom is 0.199 e. The van der Waals surface area contributed by atoms with Crippen LogP contribution in [0.5, 0.6) is 5.75 Å². The molecule has 1 aromatic carbocycles. The SMILES string of the molecule is CCCOc1ccc(Cl)c(C(=O)c2c[nH]c(C(=O)Cc3cccnc3)c2)c1F. The van der Waals surface area contributed by atoms with Gasteiger partial charge in [0.15, 0.2) is 23.1 Å². The molecule has 0 unspecified atom stereocenters. The normalized spacial score (nSPS) is 10.7. The van der Waals surface area contributed by atoms with Crippen LogP contribution in [0.15, 0.2) is 48.9 Å². The molecule has 0 spiro atoms. The first-order chi connectivity index (χ1) is 13.5. The van der Waals surface area contributed by atoms with E-state index in [1.54, 1.807) is 24.5 Å². The van der Waals surface area contributed by atoms with Gasteiger partial charge < -0.3 is 9.72 Å². The summed E-state index contributed by atoms with van der Waals surface area (Å²) in [5, 5.41) is -0.0178. The zero-order chi connectivity index (χ0) is 20.1. The molecule has 2 heterocycles. The van der Waals surface area contributed by atoms with E-state index in [0.29, 0.717) is 13.0 Å². The van der Waals surface area contributed by atoms with E-state index in [4.69, 9.17) is 16.3 Å². The van der Waals surface area contributed by atoms with Crippen LogP contribution in [0.25, 0.3) is 0 Å². The summed E-state index contributed by atoms with van der Waals surface area (Å²) < 4.78 is 20.1. The standard InChI is InChI=1S/C21H18ClFN2O3/c1-2-8-28-18-6-5-15(22)19(20(18)23)21(27)14-10-16(25-12-14)17(26)9-13-4-3-7-24-11-13/h3-7,10-12,25H,2,8-9H2,1H3. The summed E-state index contributed by atoms with van der Waals surface area (Å²) in [5.41, 5.74) is 0.871. The fraction of sp³-hybridized carbons (Fsp3) is 0.190. The predicted octanol–water partition coefficient (Wildman–Crippen LogP) is 4.65. The molecule has 0 bridgehead atoms. The highest BCUT2D eigenvalue weighted by Crippen LogP contribution is 2.29. The number of aromatic amines is 1. The number of nitrogens with one attached hydrogen (secondary N) is 1. The molecule has 0 saturated carbocycles. The number of benzene rings is 1. The van der Waals surface area contributed by atoms with Crippen LogP contribution in [-0.2, 0) is 6.42 Å². The number of carbonyl (C=O) groups excluding carboxylic acids is 2. The number of pyridine rings is 1. The van der Waals surface area contributed by atoms with Crippen LogP contribution in [0.1, 0.15) is 45.3 Å². The zero-order valence-electron chi connectivity index (χ0n) is 15.2. The molecule has 2 aromatic heterocycles. The number of H-pyrrole nitrogens is 1. The fourth-order valence-corrected chi connectivity index (χ4v) is 2.91. The Labute approximate surface area is 166 Å². The number of carbonyl (C=O) groups is 2. The Morgan fingerprint density at radius 3 is 2.82 bits per heavy atom. The lowest BCUT2D eigenvalue weighted by atomic mass is 10.0. The smallest absolute Gasteiger partial charge is 0.199 e. The van der Waals surface area contributed by atoms with Crippen molar-refractivity contribution in [3.63, 3.8) is 0 Å². The van der Waals surface area contributed by atoms with Crippen LogP contribution < -0.4 is 4.74 Å².